The Morgan fingerprint density at radius 1 is 0.483 bits per heavy atom. The van der Waals surface area contributed by atoms with Crippen LogP contribution in [0.2, 0.25) is 0 Å². The second kappa shape index (κ2) is 18.3. The van der Waals surface area contributed by atoms with Crippen LogP contribution in [0.15, 0.2) is 133 Å². The van der Waals surface area contributed by atoms with Gasteiger partial charge in [-0.3, -0.25) is 0 Å². The summed E-state index contributed by atoms with van der Waals surface area (Å²) in [5.74, 6) is -3.06. The summed E-state index contributed by atoms with van der Waals surface area (Å²) in [4.78, 5) is 22.9. The van der Waals surface area contributed by atoms with Gasteiger partial charge in [0.25, 0.3) is 0 Å². The van der Waals surface area contributed by atoms with Crippen molar-refractivity contribution < 1.29 is 54.9 Å². The molecule has 0 spiro atoms. The molecule has 0 aliphatic rings. The summed E-state index contributed by atoms with van der Waals surface area (Å²) in [5, 5.41) is 24.7. The number of carboxylic acids is 2. The number of hydrogen-bond donors (Lipinski definition) is 4. The molecule has 0 amide bonds. The molecule has 0 unspecified atom stereocenters. The van der Waals surface area contributed by atoms with Crippen molar-refractivity contribution in [3.05, 3.63) is 190 Å². The molecule has 0 bridgehead atoms. The van der Waals surface area contributed by atoms with E-state index in [1.165, 1.54) is 84.9 Å². The lowest BCUT2D eigenvalue weighted by Gasteiger charge is -2.12. The number of aryl methyl sites for hydroxylation is 2. The van der Waals surface area contributed by atoms with Gasteiger partial charge in [-0.2, -0.15) is 26.3 Å². The highest BCUT2D eigenvalue weighted by Crippen LogP contribution is 2.31. The predicted octanol–water partition coefficient (Wildman–Crippen LogP) is 12.5. The van der Waals surface area contributed by atoms with E-state index in [-0.39, 0.29) is 11.1 Å². The van der Waals surface area contributed by atoms with Gasteiger partial charge in [-0.25, -0.2) is 18.4 Å². The number of hydrogen-bond acceptors (Lipinski definition) is 4. The van der Waals surface area contributed by atoms with E-state index >= 15 is 0 Å². The summed E-state index contributed by atoms with van der Waals surface area (Å²) < 4.78 is 102. The van der Waals surface area contributed by atoms with Gasteiger partial charge in [0.1, 0.15) is 11.6 Å². The molecule has 0 radical (unpaired) electrons. The Morgan fingerprint density at radius 2 is 0.862 bits per heavy atom. The largest absolute Gasteiger partial charge is 0.478 e. The van der Waals surface area contributed by atoms with Crippen LogP contribution in [0.1, 0.15) is 54.1 Å². The summed E-state index contributed by atoms with van der Waals surface area (Å²) in [6.45, 7) is 0. The Labute approximate surface area is 326 Å². The van der Waals surface area contributed by atoms with Gasteiger partial charge in [0, 0.05) is 11.4 Å². The Bertz CT molecular complexity index is 2380. The molecule has 6 nitrogen and oxygen atoms in total. The van der Waals surface area contributed by atoms with E-state index in [1.54, 1.807) is 36.4 Å². The first kappa shape index (κ1) is 42.2. The summed E-state index contributed by atoms with van der Waals surface area (Å²) in [6, 6.07) is 30.0. The lowest BCUT2D eigenvalue weighted by atomic mass is 10.0. The fraction of sp³-hybridized carbons (Fsp3) is 0.0909. The van der Waals surface area contributed by atoms with Crippen molar-refractivity contribution in [1.82, 2.24) is 0 Å². The molecule has 4 N–H and O–H groups in total. The first-order chi connectivity index (χ1) is 27.4. The topological polar surface area (TPSA) is 98.7 Å². The van der Waals surface area contributed by atoms with Crippen molar-refractivity contribution in [3.63, 3.8) is 0 Å². The molecule has 298 valence electrons. The second-order valence-corrected chi connectivity index (χ2v) is 12.7. The van der Waals surface area contributed by atoms with Gasteiger partial charge in [0.2, 0.25) is 0 Å². The predicted molar refractivity (Wildman–Crippen MR) is 205 cm³/mol. The molecule has 6 aromatic carbocycles. The fourth-order valence-electron chi connectivity index (χ4n) is 5.49. The number of halogens is 8. The molecule has 58 heavy (non-hydrogen) atoms. The molecule has 6 rings (SSSR count). The van der Waals surface area contributed by atoms with Crippen LogP contribution >= 0.6 is 0 Å². The highest BCUT2D eigenvalue weighted by molar-refractivity contribution is 5.96. The maximum absolute atomic E-state index is 13.1. The van der Waals surface area contributed by atoms with E-state index in [1.807, 2.05) is 0 Å². The number of nitrogens with one attached hydrogen (secondary N) is 2. The zero-order chi connectivity index (χ0) is 42.0. The third kappa shape index (κ3) is 12.0. The van der Waals surface area contributed by atoms with Crippen molar-refractivity contribution >= 4 is 46.8 Å². The van der Waals surface area contributed by atoms with E-state index in [0.717, 1.165) is 35.4 Å². The number of anilines is 4. The smallest absolute Gasteiger partial charge is 0.416 e. The zero-order valence-corrected chi connectivity index (χ0v) is 30.0. The van der Waals surface area contributed by atoms with Gasteiger partial charge in [-0.15, -0.1) is 0 Å². The van der Waals surface area contributed by atoms with Gasteiger partial charge in [0.05, 0.1) is 33.6 Å². The van der Waals surface area contributed by atoms with Crippen molar-refractivity contribution in [2.75, 3.05) is 10.6 Å². The minimum atomic E-state index is -4.39. The van der Waals surface area contributed by atoms with Crippen LogP contribution in [-0.2, 0) is 25.2 Å². The minimum Gasteiger partial charge on any atom is -0.478 e. The summed E-state index contributed by atoms with van der Waals surface area (Å²) in [7, 11) is 0. The van der Waals surface area contributed by atoms with Crippen LogP contribution in [0.5, 0.6) is 0 Å². The SMILES string of the molecule is O=C(O)c1ccc(/C=C/c2ccc(C(F)(F)F)cc2)cc1Nc1ccc(F)cc1.O=C(O)c1ccc(CCc2ccc(C(F)(F)F)cc2)cc1Nc1ccc(F)cc1. The Hall–Kier alpha value is -6.96. The molecule has 0 atom stereocenters. The first-order valence-electron chi connectivity index (χ1n) is 17.2. The van der Waals surface area contributed by atoms with Crippen LogP contribution in [-0.4, -0.2) is 22.2 Å². The molecule has 0 fully saturated rings. The Balaban J connectivity index is 0.000000221. The maximum atomic E-state index is 13.1. The van der Waals surface area contributed by atoms with E-state index in [2.05, 4.69) is 10.6 Å². The number of carboxylic acid groups (broad SMARTS) is 2. The monoisotopic (exact) mass is 804 g/mol. The van der Waals surface area contributed by atoms with Gasteiger partial charge < -0.3 is 20.8 Å². The van der Waals surface area contributed by atoms with Crippen molar-refractivity contribution in [1.29, 1.82) is 0 Å². The molecule has 0 saturated heterocycles. The fourth-order valence-corrected chi connectivity index (χ4v) is 5.49. The molecule has 0 aliphatic heterocycles. The standard InChI is InChI=1S/C22H17F4NO2.C22H15F4NO2/c2*23-17-8-10-18(11-9-17)27-20-13-15(5-12-19(20)21(28)29)2-1-14-3-6-16(7-4-14)22(24,25)26/h3-13,27H,1-2H2,(H,28,29);1-13,27H,(H,28,29)/b;2-1+. The van der Waals surface area contributed by atoms with Crippen molar-refractivity contribution in [2.24, 2.45) is 0 Å². The van der Waals surface area contributed by atoms with E-state index in [0.29, 0.717) is 46.7 Å². The molecule has 6 aromatic rings. The van der Waals surface area contributed by atoms with Crippen LogP contribution in [0.4, 0.5) is 57.9 Å². The molecule has 0 aromatic heterocycles. The van der Waals surface area contributed by atoms with Gasteiger partial charge >= 0.3 is 24.3 Å². The summed E-state index contributed by atoms with van der Waals surface area (Å²) >= 11 is 0. The molecular formula is C44H32F8N2O4. The van der Waals surface area contributed by atoms with Crippen LogP contribution < -0.4 is 10.6 Å². The Morgan fingerprint density at radius 3 is 1.33 bits per heavy atom. The summed E-state index contributed by atoms with van der Waals surface area (Å²) in [6.07, 6.45) is -4.46. The molecule has 0 saturated carbocycles. The van der Waals surface area contributed by atoms with E-state index in [4.69, 9.17) is 0 Å². The third-order valence-electron chi connectivity index (χ3n) is 8.52. The third-order valence-corrected chi connectivity index (χ3v) is 8.52. The summed E-state index contributed by atoms with van der Waals surface area (Å²) in [5.41, 5.74) is 3.14. The van der Waals surface area contributed by atoms with Crippen LogP contribution in [0.25, 0.3) is 12.2 Å². The van der Waals surface area contributed by atoms with Crippen LogP contribution in [0.3, 0.4) is 0 Å². The molecule has 0 aliphatic carbocycles. The molecule has 14 heteroatoms. The molecular weight excluding hydrogens is 772 g/mol. The van der Waals surface area contributed by atoms with E-state index in [9.17, 15) is 54.9 Å². The zero-order valence-electron chi connectivity index (χ0n) is 30.0. The highest BCUT2D eigenvalue weighted by atomic mass is 19.4. The normalized spacial score (nSPS) is 11.4. The minimum absolute atomic E-state index is 0.0287. The lowest BCUT2D eigenvalue weighted by Crippen LogP contribution is -2.05. The van der Waals surface area contributed by atoms with Crippen molar-refractivity contribution in [2.45, 2.75) is 25.2 Å². The second-order valence-electron chi connectivity index (χ2n) is 12.7. The average Bonchev–Trinajstić information content (AvgIpc) is 3.18. The average molecular weight is 805 g/mol. The number of carbonyl (C=O) groups is 2. The Kier molecular flexibility index (Phi) is 13.3. The lowest BCUT2D eigenvalue weighted by molar-refractivity contribution is -0.138. The number of benzene rings is 6. The van der Waals surface area contributed by atoms with Crippen molar-refractivity contribution in [3.8, 4) is 0 Å². The number of aromatic carboxylic acids is 2. The van der Waals surface area contributed by atoms with Gasteiger partial charge in [0.15, 0.2) is 0 Å². The number of rotatable bonds is 11. The van der Waals surface area contributed by atoms with Gasteiger partial charge in [-0.1, -0.05) is 48.6 Å². The molecule has 0 heterocycles. The highest BCUT2D eigenvalue weighted by Gasteiger charge is 2.30. The maximum Gasteiger partial charge on any atom is 0.416 e. The number of alkyl halides is 6. The van der Waals surface area contributed by atoms with Gasteiger partial charge in [-0.05, 0) is 132 Å². The first-order valence-corrected chi connectivity index (χ1v) is 17.2. The quantitative estimate of drug-likeness (QED) is 0.0769. The van der Waals surface area contributed by atoms with E-state index < -0.39 is 47.1 Å². The van der Waals surface area contributed by atoms with Crippen LogP contribution in [0, 0.1) is 11.6 Å².